The summed E-state index contributed by atoms with van der Waals surface area (Å²) in [6.07, 6.45) is 0.944. The Morgan fingerprint density at radius 1 is 1.10 bits per heavy atom. The summed E-state index contributed by atoms with van der Waals surface area (Å²) in [4.78, 5) is 21.8. The van der Waals surface area contributed by atoms with Crippen molar-refractivity contribution in [3.8, 4) is 0 Å². The number of hydrogen-bond acceptors (Lipinski definition) is 4. The lowest BCUT2D eigenvalue weighted by Gasteiger charge is -2.05. The lowest BCUT2D eigenvalue weighted by molar-refractivity contribution is -0.384. The van der Waals surface area contributed by atoms with Gasteiger partial charge in [0, 0.05) is 29.9 Å². The number of nitrogens with zero attached hydrogens (tertiary/aromatic N) is 1. The van der Waals surface area contributed by atoms with Crippen molar-refractivity contribution in [1.29, 1.82) is 0 Å². The third kappa shape index (κ3) is 4.31. The minimum absolute atomic E-state index is 0.00475. The predicted molar refractivity (Wildman–Crippen MR) is 80.9 cm³/mol. The van der Waals surface area contributed by atoms with Gasteiger partial charge in [-0.05, 0) is 36.2 Å². The quantitative estimate of drug-likeness (QED) is 0.501. The zero-order chi connectivity index (χ0) is 15.2. The van der Waals surface area contributed by atoms with E-state index in [-0.39, 0.29) is 11.6 Å². The Morgan fingerprint density at radius 3 is 2.29 bits per heavy atom. The third-order valence-electron chi connectivity index (χ3n) is 2.98. The van der Waals surface area contributed by atoms with Crippen LogP contribution in [-0.2, 0) is 11.2 Å². The molecule has 0 aliphatic heterocycles. The van der Waals surface area contributed by atoms with E-state index in [9.17, 15) is 14.9 Å². The molecule has 0 saturated carbocycles. The molecule has 0 spiro atoms. The van der Waals surface area contributed by atoms with Crippen LogP contribution in [0.4, 0.5) is 17.1 Å². The van der Waals surface area contributed by atoms with Crippen LogP contribution in [0.3, 0.4) is 0 Å². The van der Waals surface area contributed by atoms with Crippen LogP contribution in [-0.4, -0.2) is 10.8 Å². The Balaban J connectivity index is 1.86. The number of anilines is 2. The maximum atomic E-state index is 11.8. The number of nitro benzene ring substituents is 1. The van der Waals surface area contributed by atoms with Gasteiger partial charge in [0.25, 0.3) is 5.69 Å². The molecule has 0 aliphatic carbocycles. The van der Waals surface area contributed by atoms with Crippen LogP contribution in [0.15, 0.2) is 48.5 Å². The average molecular weight is 285 g/mol. The van der Waals surface area contributed by atoms with Crippen molar-refractivity contribution in [3.63, 3.8) is 0 Å². The molecule has 0 aliphatic rings. The van der Waals surface area contributed by atoms with Gasteiger partial charge in [0.2, 0.25) is 5.91 Å². The monoisotopic (exact) mass is 285 g/mol. The molecule has 0 aromatic heterocycles. The van der Waals surface area contributed by atoms with Crippen LogP contribution >= 0.6 is 0 Å². The minimum atomic E-state index is -0.479. The summed E-state index contributed by atoms with van der Waals surface area (Å²) in [5, 5.41) is 13.2. The molecule has 1 amide bonds. The van der Waals surface area contributed by atoms with Crippen molar-refractivity contribution in [1.82, 2.24) is 0 Å². The zero-order valence-corrected chi connectivity index (χ0v) is 11.3. The Morgan fingerprint density at radius 2 is 1.71 bits per heavy atom. The molecule has 2 aromatic carbocycles. The smallest absolute Gasteiger partial charge is 0.269 e. The fraction of sp³-hybridized carbons (Fsp3) is 0.133. The van der Waals surface area contributed by atoms with Crippen molar-refractivity contribution in [3.05, 3.63) is 64.2 Å². The van der Waals surface area contributed by atoms with Crippen molar-refractivity contribution >= 4 is 23.0 Å². The Labute approximate surface area is 121 Å². The number of non-ortho nitro benzene ring substituents is 1. The van der Waals surface area contributed by atoms with Gasteiger partial charge < -0.3 is 11.1 Å². The maximum absolute atomic E-state index is 11.8. The molecule has 0 unspecified atom stereocenters. The Bertz CT molecular complexity index is 636. The average Bonchev–Trinajstić information content (AvgIpc) is 2.47. The van der Waals surface area contributed by atoms with Crippen molar-refractivity contribution in [2.75, 3.05) is 11.1 Å². The molecule has 2 aromatic rings. The summed E-state index contributed by atoms with van der Waals surface area (Å²) < 4.78 is 0. The van der Waals surface area contributed by atoms with Crippen LogP contribution in [0.25, 0.3) is 0 Å². The van der Waals surface area contributed by atoms with Crippen LogP contribution in [0.2, 0.25) is 0 Å². The first-order valence-electron chi connectivity index (χ1n) is 6.43. The molecular formula is C15H15N3O3. The van der Waals surface area contributed by atoms with Gasteiger partial charge in [-0.15, -0.1) is 0 Å². The number of nitrogens with one attached hydrogen (secondary N) is 1. The first-order chi connectivity index (χ1) is 10.0. The number of carbonyl (C=O) groups excluding carboxylic acids is 1. The highest BCUT2D eigenvalue weighted by Gasteiger charge is 2.06. The number of rotatable bonds is 5. The van der Waals surface area contributed by atoms with Gasteiger partial charge in [-0.2, -0.15) is 0 Å². The molecular weight excluding hydrogens is 270 g/mol. The number of nitro groups is 1. The van der Waals surface area contributed by atoms with Gasteiger partial charge in [0.1, 0.15) is 0 Å². The summed E-state index contributed by atoms with van der Waals surface area (Å²) in [5.74, 6) is -0.138. The molecule has 0 fully saturated rings. The van der Waals surface area contributed by atoms with E-state index in [1.807, 2.05) is 12.1 Å². The van der Waals surface area contributed by atoms with E-state index in [2.05, 4.69) is 5.32 Å². The highest BCUT2D eigenvalue weighted by Crippen LogP contribution is 2.16. The summed E-state index contributed by atoms with van der Waals surface area (Å²) in [6, 6.07) is 13.1. The van der Waals surface area contributed by atoms with E-state index in [0.29, 0.717) is 24.2 Å². The number of nitrogen functional groups attached to an aromatic ring is 1. The van der Waals surface area contributed by atoms with Crippen LogP contribution in [0.5, 0.6) is 0 Å². The van der Waals surface area contributed by atoms with Gasteiger partial charge in [-0.25, -0.2) is 0 Å². The summed E-state index contributed by atoms with van der Waals surface area (Å²) >= 11 is 0. The van der Waals surface area contributed by atoms with E-state index >= 15 is 0 Å². The van der Waals surface area contributed by atoms with Crippen LogP contribution < -0.4 is 11.1 Å². The number of aryl methyl sites for hydroxylation is 1. The van der Waals surface area contributed by atoms with Crippen molar-refractivity contribution < 1.29 is 9.72 Å². The molecule has 2 rings (SSSR count). The second-order valence-corrected chi connectivity index (χ2v) is 4.59. The maximum Gasteiger partial charge on any atom is 0.269 e. The highest BCUT2D eigenvalue weighted by atomic mass is 16.6. The SMILES string of the molecule is Nc1ccc(CCC(=O)Nc2ccc([N+](=O)[O-])cc2)cc1. The van der Waals surface area contributed by atoms with Gasteiger partial charge >= 0.3 is 0 Å². The number of benzene rings is 2. The fourth-order valence-corrected chi connectivity index (χ4v) is 1.83. The first kappa shape index (κ1) is 14.5. The van der Waals surface area contributed by atoms with E-state index in [4.69, 9.17) is 5.73 Å². The van der Waals surface area contributed by atoms with Crippen LogP contribution in [0.1, 0.15) is 12.0 Å². The van der Waals surface area contributed by atoms with Gasteiger partial charge in [-0.3, -0.25) is 14.9 Å². The lowest BCUT2D eigenvalue weighted by atomic mass is 10.1. The normalized spacial score (nSPS) is 10.1. The van der Waals surface area contributed by atoms with Crippen molar-refractivity contribution in [2.45, 2.75) is 12.8 Å². The number of amides is 1. The van der Waals surface area contributed by atoms with Crippen LogP contribution in [0, 0.1) is 10.1 Å². The molecule has 0 heterocycles. The van der Waals surface area contributed by atoms with Gasteiger partial charge in [0.15, 0.2) is 0 Å². The Kier molecular flexibility index (Phi) is 4.50. The Hall–Kier alpha value is -2.89. The van der Waals surface area contributed by atoms with E-state index in [0.717, 1.165) is 5.56 Å². The summed E-state index contributed by atoms with van der Waals surface area (Å²) in [7, 11) is 0. The fourth-order valence-electron chi connectivity index (χ4n) is 1.83. The molecule has 3 N–H and O–H groups in total. The molecule has 6 nitrogen and oxygen atoms in total. The largest absolute Gasteiger partial charge is 0.399 e. The second-order valence-electron chi connectivity index (χ2n) is 4.59. The summed E-state index contributed by atoms with van der Waals surface area (Å²) in [5.41, 5.74) is 7.85. The highest BCUT2D eigenvalue weighted by molar-refractivity contribution is 5.90. The predicted octanol–water partition coefficient (Wildman–Crippen LogP) is 2.75. The molecule has 21 heavy (non-hydrogen) atoms. The molecule has 6 heteroatoms. The van der Waals surface area contributed by atoms with E-state index in [1.54, 1.807) is 12.1 Å². The summed E-state index contributed by atoms with van der Waals surface area (Å²) in [6.45, 7) is 0. The first-order valence-corrected chi connectivity index (χ1v) is 6.43. The molecule has 0 bridgehead atoms. The zero-order valence-electron chi connectivity index (χ0n) is 11.3. The second kappa shape index (κ2) is 6.51. The van der Waals surface area contributed by atoms with Gasteiger partial charge in [0.05, 0.1) is 4.92 Å². The van der Waals surface area contributed by atoms with E-state index in [1.165, 1.54) is 24.3 Å². The number of nitrogens with two attached hydrogens (primary N) is 1. The van der Waals surface area contributed by atoms with E-state index < -0.39 is 4.92 Å². The molecule has 0 saturated heterocycles. The standard InChI is InChI=1S/C15H15N3O3/c16-12-4-1-11(2-5-12)3-10-15(19)17-13-6-8-14(9-7-13)18(20)21/h1-2,4-9H,3,10,16H2,(H,17,19). The molecule has 108 valence electrons. The molecule has 0 radical (unpaired) electrons. The minimum Gasteiger partial charge on any atom is -0.399 e. The van der Waals surface area contributed by atoms with Crippen molar-refractivity contribution in [2.24, 2.45) is 0 Å². The number of carbonyl (C=O) groups is 1. The third-order valence-corrected chi connectivity index (χ3v) is 2.98. The van der Waals surface area contributed by atoms with Gasteiger partial charge in [-0.1, -0.05) is 12.1 Å². The topological polar surface area (TPSA) is 98.3 Å². The lowest BCUT2D eigenvalue weighted by Crippen LogP contribution is -2.12. The number of hydrogen-bond donors (Lipinski definition) is 2. The molecule has 0 atom stereocenters.